The third-order valence-corrected chi connectivity index (χ3v) is 2.49. The van der Waals surface area contributed by atoms with E-state index in [0.717, 1.165) is 11.8 Å². The first-order valence-corrected chi connectivity index (χ1v) is 4.91. The molecule has 3 atom stereocenters. The summed E-state index contributed by atoms with van der Waals surface area (Å²) in [5.41, 5.74) is 0. The molecule has 0 aliphatic carbocycles. The molecule has 0 fully saturated rings. The minimum absolute atomic E-state index is 0.615. The van der Waals surface area contributed by atoms with Crippen molar-refractivity contribution in [2.75, 3.05) is 0 Å². The van der Waals surface area contributed by atoms with Crippen molar-refractivity contribution in [3.8, 4) is 0 Å². The molecule has 3 unspecified atom stereocenters. The Morgan fingerprint density at radius 2 is 1.64 bits per heavy atom. The van der Waals surface area contributed by atoms with Crippen molar-refractivity contribution in [3.63, 3.8) is 0 Å². The fourth-order valence-corrected chi connectivity index (χ4v) is 1.61. The van der Waals surface area contributed by atoms with Crippen LogP contribution in [-0.4, -0.2) is 0 Å². The van der Waals surface area contributed by atoms with Gasteiger partial charge in [-0.1, -0.05) is 47.5 Å². The van der Waals surface area contributed by atoms with Crippen LogP contribution in [0, 0.1) is 24.7 Å². The Hall–Kier alpha value is 0. The van der Waals surface area contributed by atoms with Gasteiger partial charge in [0.15, 0.2) is 0 Å². The fourth-order valence-electron chi connectivity index (χ4n) is 1.61. The lowest BCUT2D eigenvalue weighted by Crippen LogP contribution is -2.10. The van der Waals surface area contributed by atoms with Crippen LogP contribution in [0.4, 0.5) is 0 Å². The van der Waals surface area contributed by atoms with Gasteiger partial charge in [0, 0.05) is 0 Å². The second kappa shape index (κ2) is 5.62. The van der Waals surface area contributed by atoms with Crippen LogP contribution in [0.3, 0.4) is 0 Å². The molecule has 0 bridgehead atoms. The summed E-state index contributed by atoms with van der Waals surface area (Å²) >= 11 is 0. The average Bonchev–Trinajstić information content (AvgIpc) is 1.86. The Kier molecular flexibility index (Phi) is 5.62. The summed E-state index contributed by atoms with van der Waals surface area (Å²) in [6, 6.07) is 0. The quantitative estimate of drug-likeness (QED) is 0.564. The maximum Gasteiger partial charge on any atom is -0.0414 e. The maximum atomic E-state index is 4.02. The predicted molar refractivity (Wildman–Crippen MR) is 52.4 cm³/mol. The van der Waals surface area contributed by atoms with Crippen molar-refractivity contribution in [1.82, 2.24) is 0 Å². The van der Waals surface area contributed by atoms with E-state index in [1.165, 1.54) is 19.3 Å². The van der Waals surface area contributed by atoms with Crippen molar-refractivity contribution in [3.05, 3.63) is 6.92 Å². The lowest BCUT2D eigenvalue weighted by molar-refractivity contribution is 0.316. The van der Waals surface area contributed by atoms with E-state index >= 15 is 0 Å². The highest BCUT2D eigenvalue weighted by atomic mass is 14.2. The zero-order valence-corrected chi connectivity index (χ0v) is 8.56. The summed E-state index contributed by atoms with van der Waals surface area (Å²) in [5.74, 6) is 2.34. The SMILES string of the molecule is [CH2]C(C)CC(C)C(C)CCC. The van der Waals surface area contributed by atoms with Gasteiger partial charge in [0.25, 0.3) is 0 Å². The first kappa shape index (κ1) is 11.0. The number of rotatable bonds is 5. The molecular formula is C11H23. The maximum absolute atomic E-state index is 4.02. The molecule has 67 valence electrons. The van der Waals surface area contributed by atoms with Crippen LogP contribution in [0.2, 0.25) is 0 Å². The van der Waals surface area contributed by atoms with Crippen molar-refractivity contribution in [2.45, 2.75) is 47.0 Å². The van der Waals surface area contributed by atoms with Crippen LogP contribution >= 0.6 is 0 Å². The van der Waals surface area contributed by atoms with Gasteiger partial charge in [-0.25, -0.2) is 0 Å². The molecule has 0 aromatic carbocycles. The minimum Gasteiger partial charge on any atom is -0.0654 e. The van der Waals surface area contributed by atoms with Crippen LogP contribution in [-0.2, 0) is 0 Å². The van der Waals surface area contributed by atoms with Gasteiger partial charge < -0.3 is 0 Å². The first-order chi connectivity index (χ1) is 5.07. The Balaban J connectivity index is 3.54. The van der Waals surface area contributed by atoms with Crippen LogP contribution in [0.25, 0.3) is 0 Å². The van der Waals surface area contributed by atoms with Gasteiger partial charge in [-0.2, -0.15) is 0 Å². The highest BCUT2D eigenvalue weighted by molar-refractivity contribution is 4.66. The highest BCUT2D eigenvalue weighted by Crippen LogP contribution is 2.22. The van der Waals surface area contributed by atoms with Crippen molar-refractivity contribution >= 4 is 0 Å². The third kappa shape index (κ3) is 5.29. The Bertz CT molecular complexity index is 84.0. The molecule has 0 aliphatic heterocycles. The summed E-state index contributed by atoms with van der Waals surface area (Å²) in [5, 5.41) is 0. The Morgan fingerprint density at radius 1 is 1.09 bits per heavy atom. The smallest absolute Gasteiger partial charge is 0.0414 e. The molecule has 0 aliphatic rings. The number of hydrogen-bond donors (Lipinski definition) is 0. The van der Waals surface area contributed by atoms with Gasteiger partial charge in [0.05, 0.1) is 0 Å². The van der Waals surface area contributed by atoms with E-state index in [2.05, 4.69) is 34.6 Å². The molecule has 0 heterocycles. The molecule has 1 radical (unpaired) electrons. The molecule has 0 spiro atoms. The molecule has 11 heavy (non-hydrogen) atoms. The largest absolute Gasteiger partial charge is 0.0654 e. The molecule has 0 aromatic rings. The summed E-state index contributed by atoms with van der Waals surface area (Å²) in [6.07, 6.45) is 3.96. The van der Waals surface area contributed by atoms with E-state index in [1.54, 1.807) is 0 Å². The van der Waals surface area contributed by atoms with Crippen LogP contribution < -0.4 is 0 Å². The van der Waals surface area contributed by atoms with Gasteiger partial charge in [-0.3, -0.25) is 0 Å². The van der Waals surface area contributed by atoms with Crippen LogP contribution in [0.1, 0.15) is 47.0 Å². The minimum atomic E-state index is 0.615. The summed E-state index contributed by atoms with van der Waals surface area (Å²) in [4.78, 5) is 0. The van der Waals surface area contributed by atoms with Crippen molar-refractivity contribution in [2.24, 2.45) is 17.8 Å². The Morgan fingerprint density at radius 3 is 2.00 bits per heavy atom. The van der Waals surface area contributed by atoms with Gasteiger partial charge in [0.2, 0.25) is 0 Å². The molecule has 0 rings (SSSR count). The third-order valence-electron chi connectivity index (χ3n) is 2.49. The van der Waals surface area contributed by atoms with Gasteiger partial charge in [-0.05, 0) is 24.2 Å². The molecule has 0 aromatic heterocycles. The van der Waals surface area contributed by atoms with Crippen LogP contribution in [0.5, 0.6) is 0 Å². The molecule has 0 nitrogen and oxygen atoms in total. The monoisotopic (exact) mass is 155 g/mol. The standard InChI is InChI=1S/C11H23/c1-6-7-10(4)11(5)8-9(2)3/h9-11H,2,6-8H2,1,3-5H3. The van der Waals surface area contributed by atoms with Crippen molar-refractivity contribution in [1.29, 1.82) is 0 Å². The topological polar surface area (TPSA) is 0 Å². The first-order valence-electron chi connectivity index (χ1n) is 4.91. The van der Waals surface area contributed by atoms with Crippen LogP contribution in [0.15, 0.2) is 0 Å². The summed E-state index contributed by atoms with van der Waals surface area (Å²) in [7, 11) is 0. The zero-order valence-electron chi connectivity index (χ0n) is 8.56. The molecular weight excluding hydrogens is 132 g/mol. The fraction of sp³-hybridized carbons (Fsp3) is 0.909. The van der Waals surface area contributed by atoms with Gasteiger partial charge in [0.1, 0.15) is 0 Å². The lowest BCUT2D eigenvalue weighted by atomic mass is 9.86. The van der Waals surface area contributed by atoms with E-state index in [4.69, 9.17) is 0 Å². The second-order valence-corrected chi connectivity index (χ2v) is 4.08. The molecule has 0 saturated heterocycles. The van der Waals surface area contributed by atoms with Gasteiger partial charge >= 0.3 is 0 Å². The van der Waals surface area contributed by atoms with E-state index < -0.39 is 0 Å². The van der Waals surface area contributed by atoms with E-state index in [9.17, 15) is 0 Å². The lowest BCUT2D eigenvalue weighted by Gasteiger charge is -2.20. The second-order valence-electron chi connectivity index (χ2n) is 4.08. The average molecular weight is 155 g/mol. The molecule has 0 amide bonds. The zero-order chi connectivity index (χ0) is 8.85. The van der Waals surface area contributed by atoms with E-state index in [1.807, 2.05) is 0 Å². The summed E-state index contributed by atoms with van der Waals surface area (Å²) in [6.45, 7) is 13.2. The highest BCUT2D eigenvalue weighted by Gasteiger charge is 2.12. The number of hydrogen-bond acceptors (Lipinski definition) is 0. The van der Waals surface area contributed by atoms with Gasteiger partial charge in [-0.15, -0.1) is 0 Å². The molecule has 0 heteroatoms. The molecule has 0 N–H and O–H groups in total. The van der Waals surface area contributed by atoms with E-state index in [0.29, 0.717) is 5.92 Å². The van der Waals surface area contributed by atoms with Crippen molar-refractivity contribution < 1.29 is 0 Å². The van der Waals surface area contributed by atoms with E-state index in [-0.39, 0.29) is 0 Å². The predicted octanol–water partition coefficient (Wildman–Crippen LogP) is 3.92. The summed E-state index contributed by atoms with van der Waals surface area (Å²) < 4.78 is 0. The normalized spacial score (nSPS) is 16.9. The molecule has 0 saturated carbocycles. The Labute approximate surface area is 72.4 Å².